The summed E-state index contributed by atoms with van der Waals surface area (Å²) in [5, 5.41) is 5.55. The van der Waals surface area contributed by atoms with Crippen molar-refractivity contribution in [1.82, 2.24) is 5.16 Å². The zero-order chi connectivity index (χ0) is 22.9. The second-order valence-electron chi connectivity index (χ2n) is 9.85. The maximum atomic E-state index is 6.48. The van der Waals surface area contributed by atoms with Crippen LogP contribution in [0.4, 0.5) is 0 Å². The van der Waals surface area contributed by atoms with Crippen LogP contribution < -0.4 is 0 Å². The average Bonchev–Trinajstić information content (AvgIpc) is 3.58. The van der Waals surface area contributed by atoms with E-state index in [0.29, 0.717) is 34.4 Å². The Balaban J connectivity index is 1.25. The first-order valence-corrected chi connectivity index (χ1v) is 12.9. The fourth-order valence-corrected chi connectivity index (χ4v) is 5.54. The van der Waals surface area contributed by atoms with E-state index in [-0.39, 0.29) is 6.10 Å². The van der Waals surface area contributed by atoms with Crippen molar-refractivity contribution < 1.29 is 9.26 Å². The van der Waals surface area contributed by atoms with Crippen LogP contribution in [0.5, 0.6) is 0 Å². The number of rotatable bonds is 7. The lowest BCUT2D eigenvalue weighted by Crippen LogP contribution is -2.21. The predicted octanol–water partition coefficient (Wildman–Crippen LogP) is 8.89. The summed E-state index contributed by atoms with van der Waals surface area (Å²) >= 11 is 13.0. The summed E-state index contributed by atoms with van der Waals surface area (Å²) in [7, 11) is 0. The Morgan fingerprint density at radius 1 is 0.909 bits per heavy atom. The number of hydrogen-bond donors (Lipinski definition) is 0. The highest BCUT2D eigenvalue weighted by Gasteiger charge is 2.34. The number of nitrogens with zero attached hydrogens (tertiary/aromatic N) is 1. The van der Waals surface area contributed by atoms with Crippen LogP contribution in [0.25, 0.3) is 11.3 Å². The summed E-state index contributed by atoms with van der Waals surface area (Å²) in [6.45, 7) is 4.98. The molecule has 2 aromatic carbocycles. The molecule has 0 unspecified atom stereocenters. The van der Waals surface area contributed by atoms with Crippen LogP contribution >= 0.6 is 23.2 Å². The summed E-state index contributed by atoms with van der Waals surface area (Å²) in [4.78, 5) is 0. The highest BCUT2D eigenvalue weighted by atomic mass is 35.5. The van der Waals surface area contributed by atoms with Crippen molar-refractivity contribution in [2.45, 2.75) is 82.8 Å². The largest absolute Gasteiger partial charge is 0.373 e. The van der Waals surface area contributed by atoms with Crippen molar-refractivity contribution in [3.05, 3.63) is 75.0 Å². The molecular weight excluding hydrogens is 453 g/mol. The van der Waals surface area contributed by atoms with Crippen LogP contribution in [0.3, 0.4) is 0 Å². The minimum absolute atomic E-state index is 0.257. The zero-order valence-corrected chi connectivity index (χ0v) is 20.8. The van der Waals surface area contributed by atoms with Crippen LogP contribution in [0.15, 0.2) is 47.0 Å². The molecule has 2 fully saturated rings. The Morgan fingerprint density at radius 2 is 1.55 bits per heavy atom. The van der Waals surface area contributed by atoms with Gasteiger partial charge in [0.1, 0.15) is 11.5 Å². The van der Waals surface area contributed by atoms with E-state index in [2.05, 4.69) is 43.3 Å². The number of aromatic nitrogens is 1. The molecule has 0 spiro atoms. The minimum atomic E-state index is 0.257. The molecule has 1 aromatic heterocycles. The number of halogens is 2. The molecule has 5 rings (SSSR count). The van der Waals surface area contributed by atoms with Crippen molar-refractivity contribution in [3.63, 3.8) is 0 Å². The Bertz CT molecular complexity index is 1070. The molecule has 0 radical (unpaired) electrons. The van der Waals surface area contributed by atoms with Crippen LogP contribution in [-0.4, -0.2) is 11.3 Å². The molecule has 2 saturated carbocycles. The van der Waals surface area contributed by atoms with E-state index in [1.807, 2.05) is 18.2 Å². The topological polar surface area (TPSA) is 35.3 Å². The number of hydrogen-bond acceptors (Lipinski definition) is 3. The molecule has 0 saturated heterocycles. The lowest BCUT2D eigenvalue weighted by molar-refractivity contribution is 0.0129. The highest BCUT2D eigenvalue weighted by molar-refractivity contribution is 6.39. The van der Waals surface area contributed by atoms with Crippen molar-refractivity contribution >= 4 is 23.2 Å². The van der Waals surface area contributed by atoms with E-state index in [9.17, 15) is 0 Å². The maximum absolute atomic E-state index is 6.48. The first-order chi connectivity index (χ1) is 16.0. The van der Waals surface area contributed by atoms with E-state index >= 15 is 0 Å². The molecule has 0 amide bonds. The molecule has 2 aliphatic carbocycles. The van der Waals surface area contributed by atoms with Gasteiger partial charge in [0.2, 0.25) is 0 Å². The van der Waals surface area contributed by atoms with Gasteiger partial charge in [-0.05, 0) is 73.6 Å². The molecule has 0 N–H and O–H groups in total. The Kier molecular flexibility index (Phi) is 6.83. The SMILES string of the molecule is CC(C)c1ccc(C2CCC(OCc3c(-c4c(Cl)cccc4Cl)noc3C3CC3)CC2)cc1. The Hall–Kier alpha value is -1.81. The molecule has 0 aliphatic heterocycles. The van der Waals surface area contributed by atoms with Crippen LogP contribution in [0.2, 0.25) is 10.0 Å². The fourth-order valence-electron chi connectivity index (χ4n) is 4.97. The van der Waals surface area contributed by atoms with Gasteiger partial charge in [0.05, 0.1) is 22.8 Å². The third kappa shape index (κ3) is 5.01. The second kappa shape index (κ2) is 9.82. The molecule has 3 aromatic rings. The van der Waals surface area contributed by atoms with Gasteiger partial charge in [-0.2, -0.15) is 0 Å². The van der Waals surface area contributed by atoms with Crippen LogP contribution in [0, 0.1) is 0 Å². The molecule has 174 valence electrons. The number of benzene rings is 2. The fraction of sp³-hybridized carbons (Fsp3) is 0.464. The lowest BCUT2D eigenvalue weighted by atomic mass is 9.82. The van der Waals surface area contributed by atoms with Gasteiger partial charge in [0.25, 0.3) is 0 Å². The maximum Gasteiger partial charge on any atom is 0.145 e. The third-order valence-corrected chi connectivity index (χ3v) is 7.81. The Labute approximate surface area is 206 Å². The smallest absolute Gasteiger partial charge is 0.145 e. The Morgan fingerprint density at radius 3 is 2.15 bits per heavy atom. The van der Waals surface area contributed by atoms with Gasteiger partial charge >= 0.3 is 0 Å². The second-order valence-corrected chi connectivity index (χ2v) is 10.7. The molecule has 3 nitrogen and oxygen atoms in total. The average molecular weight is 484 g/mol. The molecule has 5 heteroatoms. The summed E-state index contributed by atoms with van der Waals surface area (Å²) in [5.41, 5.74) is 5.35. The van der Waals surface area contributed by atoms with Crippen molar-refractivity contribution in [1.29, 1.82) is 0 Å². The molecule has 0 bridgehead atoms. The van der Waals surface area contributed by atoms with E-state index < -0.39 is 0 Å². The van der Waals surface area contributed by atoms with Crippen molar-refractivity contribution in [2.75, 3.05) is 0 Å². The van der Waals surface area contributed by atoms with Gasteiger partial charge in [0.15, 0.2) is 0 Å². The summed E-state index contributed by atoms with van der Waals surface area (Å²) < 4.78 is 12.2. The van der Waals surface area contributed by atoms with Crippen LogP contribution in [0.1, 0.15) is 92.6 Å². The van der Waals surface area contributed by atoms with Gasteiger partial charge in [-0.15, -0.1) is 0 Å². The van der Waals surface area contributed by atoms with E-state index in [1.54, 1.807) is 0 Å². The molecule has 33 heavy (non-hydrogen) atoms. The normalized spacial score (nSPS) is 21.0. The minimum Gasteiger partial charge on any atom is -0.373 e. The summed E-state index contributed by atoms with van der Waals surface area (Å²) in [6, 6.07) is 14.7. The van der Waals surface area contributed by atoms with Gasteiger partial charge in [-0.25, -0.2) is 0 Å². The first-order valence-electron chi connectivity index (χ1n) is 12.2. The standard InChI is InChI=1S/C28H31Cl2NO2/c1-17(2)18-6-8-19(9-7-18)20-12-14-22(15-13-20)32-16-23-27(31-33-28(23)21-10-11-21)26-24(29)4-3-5-25(26)30/h3-9,17,20-22H,10-16H2,1-2H3. The zero-order valence-electron chi connectivity index (χ0n) is 19.3. The molecular formula is C28H31Cl2NO2. The lowest BCUT2D eigenvalue weighted by Gasteiger charge is -2.29. The number of ether oxygens (including phenoxy) is 1. The summed E-state index contributed by atoms with van der Waals surface area (Å²) in [6.07, 6.45) is 7.00. The van der Waals surface area contributed by atoms with Gasteiger partial charge < -0.3 is 9.26 Å². The molecule has 0 atom stereocenters. The van der Waals surface area contributed by atoms with Gasteiger partial charge in [-0.3, -0.25) is 0 Å². The van der Waals surface area contributed by atoms with E-state index in [4.69, 9.17) is 32.5 Å². The van der Waals surface area contributed by atoms with Crippen molar-refractivity contribution in [3.8, 4) is 11.3 Å². The monoisotopic (exact) mass is 483 g/mol. The predicted molar refractivity (Wildman–Crippen MR) is 134 cm³/mol. The van der Waals surface area contributed by atoms with Gasteiger partial charge in [-0.1, -0.05) is 72.5 Å². The quantitative estimate of drug-likeness (QED) is 0.336. The molecule has 2 aliphatic rings. The first kappa shape index (κ1) is 23.0. The summed E-state index contributed by atoms with van der Waals surface area (Å²) in [5.74, 6) is 2.59. The third-order valence-electron chi connectivity index (χ3n) is 7.18. The van der Waals surface area contributed by atoms with Crippen LogP contribution in [-0.2, 0) is 11.3 Å². The van der Waals surface area contributed by atoms with E-state index in [0.717, 1.165) is 61.1 Å². The molecule has 1 heterocycles. The van der Waals surface area contributed by atoms with E-state index in [1.165, 1.54) is 11.1 Å². The van der Waals surface area contributed by atoms with Crippen molar-refractivity contribution in [2.24, 2.45) is 0 Å². The van der Waals surface area contributed by atoms with Gasteiger partial charge in [0, 0.05) is 17.0 Å². The highest BCUT2D eigenvalue weighted by Crippen LogP contribution is 2.46.